The molecule has 5 nitrogen and oxygen atoms in total. The van der Waals surface area contributed by atoms with E-state index in [1.54, 1.807) is 18.1 Å². The molecule has 1 aromatic heterocycles. The van der Waals surface area contributed by atoms with E-state index in [9.17, 15) is 4.79 Å². The highest BCUT2D eigenvalue weighted by Gasteiger charge is 2.17. The van der Waals surface area contributed by atoms with Gasteiger partial charge >= 0.3 is 5.16 Å². The molecule has 24 heavy (non-hydrogen) atoms. The predicted molar refractivity (Wildman–Crippen MR) is 98.2 cm³/mol. The lowest BCUT2D eigenvalue weighted by Crippen LogP contribution is -2.34. The summed E-state index contributed by atoms with van der Waals surface area (Å²) in [5.74, 6) is 0.645. The molecule has 1 amide bonds. The molecule has 3 aromatic rings. The zero-order chi connectivity index (χ0) is 16.8. The summed E-state index contributed by atoms with van der Waals surface area (Å²) in [7, 11) is 0. The number of rotatable bonds is 6. The number of thioether (sulfide) groups is 1. The van der Waals surface area contributed by atoms with Gasteiger partial charge in [-0.3, -0.25) is 4.79 Å². The Balaban J connectivity index is 1.53. The minimum absolute atomic E-state index is 0.00776. The first kappa shape index (κ1) is 16.7. The van der Waals surface area contributed by atoms with Gasteiger partial charge < -0.3 is 5.32 Å². The van der Waals surface area contributed by atoms with Crippen molar-refractivity contribution in [1.29, 1.82) is 0 Å². The Morgan fingerprint density at radius 2 is 1.92 bits per heavy atom. The Hall–Kier alpha value is -2.12. The van der Waals surface area contributed by atoms with Crippen LogP contribution in [0.15, 0.2) is 70.6 Å². The number of anilines is 1. The molecule has 0 saturated carbocycles. The van der Waals surface area contributed by atoms with Gasteiger partial charge in [0, 0.05) is 22.3 Å². The van der Waals surface area contributed by atoms with Crippen molar-refractivity contribution in [2.75, 3.05) is 11.1 Å². The van der Waals surface area contributed by atoms with Gasteiger partial charge in [-0.15, -0.1) is 4.68 Å². The first-order valence-corrected chi connectivity index (χ1v) is 9.19. The molecular weight excluding hydrogens is 388 g/mol. The van der Waals surface area contributed by atoms with Crippen molar-refractivity contribution in [2.45, 2.75) is 11.6 Å². The van der Waals surface area contributed by atoms with E-state index in [0.29, 0.717) is 12.2 Å². The number of nitrogens with one attached hydrogen (secondary N) is 2. The van der Waals surface area contributed by atoms with Gasteiger partial charge in [-0.25, -0.2) is 0 Å². The van der Waals surface area contributed by atoms with E-state index in [1.807, 2.05) is 59.3 Å². The average molecular weight is 404 g/mol. The Morgan fingerprint density at radius 3 is 2.67 bits per heavy atom. The van der Waals surface area contributed by atoms with Gasteiger partial charge in [0.25, 0.3) is 0 Å². The topological polar surface area (TPSA) is 61.7 Å². The first-order chi connectivity index (χ1) is 11.7. The lowest BCUT2D eigenvalue weighted by atomic mass is 10.3. The molecule has 0 bridgehead atoms. The molecule has 0 aliphatic heterocycles. The van der Waals surface area contributed by atoms with Gasteiger partial charge in [0.2, 0.25) is 12.2 Å². The number of benzene rings is 2. The molecule has 0 saturated heterocycles. The number of carbonyl (C=O) groups excluding carboxylic acids is 1. The number of carbonyl (C=O) groups is 1. The zero-order valence-electron chi connectivity index (χ0n) is 12.8. The van der Waals surface area contributed by atoms with Crippen LogP contribution in [0.3, 0.4) is 0 Å². The first-order valence-electron chi connectivity index (χ1n) is 7.41. The minimum atomic E-state index is -0.00776. The fraction of sp³-hybridized carbons (Fsp3) is 0.118. The molecule has 122 valence electrons. The van der Waals surface area contributed by atoms with Crippen LogP contribution in [-0.4, -0.2) is 21.7 Å². The average Bonchev–Trinajstić information content (AvgIpc) is 3.06. The number of halogens is 1. The number of amides is 1. The smallest absolute Gasteiger partial charge is 0.326 e. The highest BCUT2D eigenvalue weighted by Crippen LogP contribution is 2.16. The molecule has 0 aliphatic carbocycles. The Labute approximate surface area is 152 Å². The summed E-state index contributed by atoms with van der Waals surface area (Å²) in [6.45, 7) is 0. The third-order valence-corrected chi connectivity index (χ3v) is 4.74. The van der Waals surface area contributed by atoms with E-state index in [4.69, 9.17) is 0 Å². The summed E-state index contributed by atoms with van der Waals surface area (Å²) < 4.78 is 2.89. The number of nitrogens with zero attached hydrogens (tertiary/aromatic N) is 2. The molecule has 2 aromatic carbocycles. The molecule has 7 heteroatoms. The number of hydrogen-bond acceptors (Lipinski definition) is 3. The summed E-state index contributed by atoms with van der Waals surface area (Å²) in [6, 6.07) is 17.5. The van der Waals surface area contributed by atoms with Crippen LogP contribution in [0.5, 0.6) is 0 Å². The second kappa shape index (κ2) is 8.12. The van der Waals surface area contributed by atoms with Crippen LogP contribution in [-0.2, 0) is 4.79 Å². The second-order valence-electron chi connectivity index (χ2n) is 4.99. The van der Waals surface area contributed by atoms with Crippen LogP contribution in [0.25, 0.3) is 5.69 Å². The van der Waals surface area contributed by atoms with Crippen molar-refractivity contribution in [3.05, 3.63) is 65.4 Å². The van der Waals surface area contributed by atoms with Crippen molar-refractivity contribution >= 4 is 39.3 Å². The van der Waals surface area contributed by atoms with Crippen molar-refractivity contribution in [3.63, 3.8) is 0 Å². The van der Waals surface area contributed by atoms with Crippen molar-refractivity contribution in [3.8, 4) is 5.69 Å². The highest BCUT2D eigenvalue weighted by molar-refractivity contribution is 9.10. The van der Waals surface area contributed by atoms with Crippen LogP contribution >= 0.6 is 27.7 Å². The monoisotopic (exact) mass is 403 g/mol. The number of aromatic amines is 1. The maximum Gasteiger partial charge on any atom is 0.385 e. The lowest BCUT2D eigenvalue weighted by molar-refractivity contribution is -0.694. The van der Waals surface area contributed by atoms with Crippen LogP contribution in [0.2, 0.25) is 0 Å². The normalized spacial score (nSPS) is 10.5. The van der Waals surface area contributed by atoms with Gasteiger partial charge in [0.15, 0.2) is 5.69 Å². The van der Waals surface area contributed by atoms with E-state index >= 15 is 0 Å². The van der Waals surface area contributed by atoms with Crippen molar-refractivity contribution < 1.29 is 9.48 Å². The Kier molecular flexibility index (Phi) is 5.66. The van der Waals surface area contributed by atoms with E-state index in [-0.39, 0.29) is 5.91 Å². The fourth-order valence-electron chi connectivity index (χ4n) is 2.11. The van der Waals surface area contributed by atoms with E-state index in [0.717, 1.165) is 21.0 Å². The molecule has 0 radical (unpaired) electrons. The van der Waals surface area contributed by atoms with Gasteiger partial charge in [-0.2, -0.15) is 5.10 Å². The van der Waals surface area contributed by atoms with Crippen LogP contribution < -0.4 is 10.00 Å². The number of para-hydroxylation sites is 1. The molecule has 1 heterocycles. The van der Waals surface area contributed by atoms with Gasteiger partial charge in [-0.05, 0) is 53.1 Å². The summed E-state index contributed by atoms with van der Waals surface area (Å²) in [5, 5.41) is 6.80. The third kappa shape index (κ3) is 4.46. The van der Waals surface area contributed by atoms with E-state index in [2.05, 4.69) is 31.3 Å². The molecule has 0 atom stereocenters. The second-order valence-corrected chi connectivity index (χ2v) is 6.97. The molecular formula is C17H16BrN4OS+. The Bertz CT molecular complexity index is 805. The number of hydrogen-bond donors (Lipinski definition) is 2. The largest absolute Gasteiger partial charge is 0.385 e. The summed E-state index contributed by atoms with van der Waals surface area (Å²) >= 11 is 4.92. The molecule has 0 aliphatic rings. The number of aromatic nitrogens is 3. The Morgan fingerprint density at radius 1 is 1.17 bits per heavy atom. The summed E-state index contributed by atoms with van der Waals surface area (Å²) in [4.78, 5) is 16.3. The quantitative estimate of drug-likeness (QED) is 0.488. The maximum atomic E-state index is 12.0. The summed E-state index contributed by atoms with van der Waals surface area (Å²) in [6.07, 6.45) is 2.07. The zero-order valence-corrected chi connectivity index (χ0v) is 15.2. The third-order valence-electron chi connectivity index (χ3n) is 3.26. The maximum absolute atomic E-state index is 12.0. The molecule has 0 fully saturated rings. The van der Waals surface area contributed by atoms with Gasteiger partial charge in [0.1, 0.15) is 0 Å². The predicted octanol–water partition coefficient (Wildman–Crippen LogP) is 3.57. The molecule has 2 N–H and O–H groups in total. The lowest BCUT2D eigenvalue weighted by Gasteiger charge is -2.04. The van der Waals surface area contributed by atoms with Crippen molar-refractivity contribution in [1.82, 2.24) is 10.1 Å². The fourth-order valence-corrected chi connectivity index (χ4v) is 3.26. The minimum Gasteiger partial charge on any atom is -0.326 e. The standard InChI is InChI=1S/C17H15BrN4OS/c18-13-6-8-14(9-7-13)21-16(23)10-11-24-17-19-12-20-22(17)15-4-2-1-3-5-15/h1-9,12H,10-11H2,(H,21,23)/p+1. The summed E-state index contributed by atoms with van der Waals surface area (Å²) in [5.41, 5.74) is 1.81. The number of H-pyrrole nitrogens is 1. The SMILES string of the molecule is O=C(CCSc1nc[nH][n+]1-c1ccccc1)Nc1ccc(Br)cc1. The molecule has 0 spiro atoms. The van der Waals surface area contributed by atoms with Gasteiger partial charge in [0.05, 0.1) is 0 Å². The van der Waals surface area contributed by atoms with Crippen LogP contribution in [0.1, 0.15) is 6.42 Å². The van der Waals surface area contributed by atoms with E-state index in [1.165, 1.54) is 0 Å². The van der Waals surface area contributed by atoms with E-state index < -0.39 is 0 Å². The van der Waals surface area contributed by atoms with Gasteiger partial charge in [-0.1, -0.05) is 34.1 Å². The van der Waals surface area contributed by atoms with Crippen LogP contribution in [0.4, 0.5) is 5.69 Å². The highest BCUT2D eigenvalue weighted by atomic mass is 79.9. The molecule has 0 unspecified atom stereocenters. The molecule has 3 rings (SSSR count). The van der Waals surface area contributed by atoms with Crippen molar-refractivity contribution in [2.24, 2.45) is 0 Å². The van der Waals surface area contributed by atoms with Crippen LogP contribution in [0, 0.1) is 0 Å².